The molecule has 0 saturated carbocycles. The van der Waals surface area contributed by atoms with Crippen LogP contribution in [0.15, 0.2) is 0 Å². The first-order valence-electron chi connectivity index (χ1n) is 16.0. The van der Waals surface area contributed by atoms with Crippen LogP contribution in [0.5, 0.6) is 0 Å². The lowest BCUT2D eigenvalue weighted by Gasteiger charge is -2.19. The molecule has 0 saturated heterocycles. The molecular formula is C30H60NO8P. The Morgan fingerprint density at radius 1 is 0.650 bits per heavy atom. The van der Waals surface area contributed by atoms with Crippen molar-refractivity contribution in [3.63, 3.8) is 0 Å². The lowest BCUT2D eigenvalue weighted by Crippen LogP contribution is -2.29. The fraction of sp³-hybridized carbons (Fsp3) is 0.933. The maximum atomic E-state index is 12.4. The molecule has 0 aromatic heterocycles. The van der Waals surface area contributed by atoms with Gasteiger partial charge in [-0.2, -0.15) is 0 Å². The number of ether oxygens (including phenoxy) is 2. The largest absolute Gasteiger partial charge is 0.472 e. The van der Waals surface area contributed by atoms with Gasteiger partial charge in [0.1, 0.15) is 6.61 Å². The predicted octanol–water partition coefficient (Wildman–Crippen LogP) is 7.77. The number of hydrogen-bond donors (Lipinski definition) is 2. The number of carbonyl (C=O) groups is 2. The van der Waals surface area contributed by atoms with Crippen molar-refractivity contribution in [2.75, 3.05) is 26.4 Å². The summed E-state index contributed by atoms with van der Waals surface area (Å²) in [5.41, 5.74) is 5.29. The van der Waals surface area contributed by atoms with Crippen molar-refractivity contribution < 1.29 is 37.6 Å². The Labute approximate surface area is 244 Å². The summed E-state index contributed by atoms with van der Waals surface area (Å²) in [6.45, 7) is 3.59. The van der Waals surface area contributed by atoms with Crippen molar-refractivity contribution in [3.8, 4) is 0 Å². The summed E-state index contributed by atoms with van der Waals surface area (Å²) in [4.78, 5) is 34.1. The van der Waals surface area contributed by atoms with E-state index in [9.17, 15) is 19.0 Å². The SMILES string of the molecule is CCCCCCCCCCCCCCCCCC(=O)O[C@H](COC(=O)CCCCCC)COP(=O)(O)OCCN. The zero-order valence-electron chi connectivity index (χ0n) is 25.6. The maximum absolute atomic E-state index is 12.4. The number of phosphoric ester groups is 1. The first-order chi connectivity index (χ1) is 19.3. The molecular weight excluding hydrogens is 533 g/mol. The van der Waals surface area contributed by atoms with Gasteiger partial charge >= 0.3 is 19.8 Å². The van der Waals surface area contributed by atoms with E-state index in [1.807, 2.05) is 0 Å². The van der Waals surface area contributed by atoms with E-state index in [0.717, 1.165) is 38.5 Å². The third-order valence-electron chi connectivity index (χ3n) is 6.74. The van der Waals surface area contributed by atoms with Crippen molar-refractivity contribution in [2.45, 2.75) is 155 Å². The summed E-state index contributed by atoms with van der Waals surface area (Å²) in [6, 6.07) is 0. The highest BCUT2D eigenvalue weighted by Gasteiger charge is 2.25. The van der Waals surface area contributed by atoms with Gasteiger partial charge in [-0.1, -0.05) is 123 Å². The van der Waals surface area contributed by atoms with E-state index in [4.69, 9.17) is 24.3 Å². The van der Waals surface area contributed by atoms with Crippen LogP contribution in [0, 0.1) is 0 Å². The van der Waals surface area contributed by atoms with Crippen molar-refractivity contribution in [3.05, 3.63) is 0 Å². The van der Waals surface area contributed by atoms with Gasteiger partial charge in [-0.25, -0.2) is 4.57 Å². The van der Waals surface area contributed by atoms with Gasteiger partial charge < -0.3 is 20.1 Å². The molecule has 0 aliphatic carbocycles. The Hall–Kier alpha value is -0.990. The van der Waals surface area contributed by atoms with E-state index in [1.54, 1.807) is 0 Å². The summed E-state index contributed by atoms with van der Waals surface area (Å²) in [5.74, 6) is -0.843. The maximum Gasteiger partial charge on any atom is 0.472 e. The lowest BCUT2D eigenvalue weighted by molar-refractivity contribution is -0.161. The van der Waals surface area contributed by atoms with E-state index in [-0.39, 0.29) is 32.6 Å². The van der Waals surface area contributed by atoms with Gasteiger partial charge in [-0.15, -0.1) is 0 Å². The van der Waals surface area contributed by atoms with Crippen molar-refractivity contribution in [2.24, 2.45) is 5.73 Å². The molecule has 0 aromatic rings. The smallest absolute Gasteiger partial charge is 0.462 e. The Balaban J connectivity index is 4.12. The Bertz CT molecular complexity index is 649. The van der Waals surface area contributed by atoms with Gasteiger partial charge in [0.2, 0.25) is 0 Å². The van der Waals surface area contributed by atoms with Gasteiger partial charge in [0.15, 0.2) is 6.10 Å². The summed E-state index contributed by atoms with van der Waals surface area (Å²) >= 11 is 0. The van der Waals surface area contributed by atoms with Crippen molar-refractivity contribution >= 4 is 19.8 Å². The van der Waals surface area contributed by atoms with Crippen LogP contribution in [-0.2, 0) is 32.7 Å². The normalized spacial score (nSPS) is 13.6. The number of unbranched alkanes of at least 4 members (excludes halogenated alkanes) is 17. The molecule has 2 atom stereocenters. The zero-order valence-corrected chi connectivity index (χ0v) is 26.5. The fourth-order valence-corrected chi connectivity index (χ4v) is 5.10. The van der Waals surface area contributed by atoms with Crippen LogP contribution in [0.1, 0.15) is 149 Å². The quantitative estimate of drug-likeness (QED) is 0.0486. The number of hydrogen-bond acceptors (Lipinski definition) is 8. The number of phosphoric acid groups is 1. The van der Waals surface area contributed by atoms with E-state index in [1.165, 1.54) is 77.0 Å². The molecule has 0 heterocycles. The highest BCUT2D eigenvalue weighted by atomic mass is 31.2. The minimum atomic E-state index is -4.34. The molecule has 0 amide bonds. The van der Waals surface area contributed by atoms with Crippen LogP contribution in [0.2, 0.25) is 0 Å². The predicted molar refractivity (Wildman–Crippen MR) is 160 cm³/mol. The Morgan fingerprint density at radius 2 is 1.07 bits per heavy atom. The second-order valence-electron chi connectivity index (χ2n) is 10.7. The van der Waals surface area contributed by atoms with Gasteiger partial charge in [0.05, 0.1) is 13.2 Å². The van der Waals surface area contributed by atoms with Crippen molar-refractivity contribution in [1.82, 2.24) is 0 Å². The minimum Gasteiger partial charge on any atom is -0.462 e. The standard InChI is InChI=1S/C30H60NO8P/c1-3-5-7-9-10-11-12-13-14-15-16-17-18-19-21-23-30(33)39-28(27-38-40(34,35)37-25-24-31)26-36-29(32)22-20-8-6-4-2/h28H,3-27,31H2,1-2H3,(H,34,35)/t28-/m1/s1. The summed E-state index contributed by atoms with van der Waals surface area (Å²) in [6.07, 6.45) is 21.9. The average molecular weight is 594 g/mol. The number of nitrogens with two attached hydrogens (primary N) is 1. The molecule has 0 spiro atoms. The number of esters is 2. The molecule has 40 heavy (non-hydrogen) atoms. The van der Waals surface area contributed by atoms with Gasteiger partial charge in [-0.05, 0) is 12.8 Å². The second-order valence-corrected chi connectivity index (χ2v) is 12.1. The Morgan fingerprint density at radius 3 is 1.55 bits per heavy atom. The summed E-state index contributed by atoms with van der Waals surface area (Å²) < 4.78 is 32.2. The van der Waals surface area contributed by atoms with E-state index in [0.29, 0.717) is 6.42 Å². The fourth-order valence-electron chi connectivity index (χ4n) is 4.34. The molecule has 0 bridgehead atoms. The highest BCUT2D eigenvalue weighted by molar-refractivity contribution is 7.47. The van der Waals surface area contributed by atoms with Crippen LogP contribution < -0.4 is 5.73 Å². The molecule has 0 fully saturated rings. The van der Waals surface area contributed by atoms with Crippen LogP contribution in [0.3, 0.4) is 0 Å². The molecule has 9 nitrogen and oxygen atoms in total. The number of carbonyl (C=O) groups excluding carboxylic acids is 2. The molecule has 238 valence electrons. The van der Waals surface area contributed by atoms with Crippen molar-refractivity contribution in [1.29, 1.82) is 0 Å². The minimum absolute atomic E-state index is 0.0568. The molecule has 0 aliphatic rings. The second kappa shape index (κ2) is 28.1. The zero-order chi connectivity index (χ0) is 29.7. The molecule has 0 aromatic carbocycles. The highest BCUT2D eigenvalue weighted by Crippen LogP contribution is 2.43. The molecule has 0 radical (unpaired) electrons. The third-order valence-corrected chi connectivity index (χ3v) is 7.73. The monoisotopic (exact) mass is 593 g/mol. The van der Waals surface area contributed by atoms with Crippen LogP contribution in [-0.4, -0.2) is 49.3 Å². The molecule has 1 unspecified atom stereocenters. The van der Waals surface area contributed by atoms with E-state index >= 15 is 0 Å². The first-order valence-corrected chi connectivity index (χ1v) is 17.5. The van der Waals surface area contributed by atoms with Gasteiger partial charge in [0.25, 0.3) is 0 Å². The van der Waals surface area contributed by atoms with Gasteiger partial charge in [-0.3, -0.25) is 18.6 Å². The third kappa shape index (κ3) is 27.2. The molecule has 0 aliphatic heterocycles. The Kier molecular flexibility index (Phi) is 27.4. The topological polar surface area (TPSA) is 134 Å². The van der Waals surface area contributed by atoms with E-state index < -0.39 is 32.5 Å². The first kappa shape index (κ1) is 39.0. The van der Waals surface area contributed by atoms with Crippen LogP contribution >= 0.6 is 7.82 Å². The van der Waals surface area contributed by atoms with Gasteiger partial charge in [0, 0.05) is 19.4 Å². The molecule has 3 N–H and O–H groups in total. The summed E-state index contributed by atoms with van der Waals surface area (Å²) in [5, 5.41) is 0. The number of rotatable bonds is 30. The van der Waals surface area contributed by atoms with E-state index in [2.05, 4.69) is 13.8 Å². The van der Waals surface area contributed by atoms with Crippen LogP contribution in [0.4, 0.5) is 0 Å². The van der Waals surface area contributed by atoms with Crippen LogP contribution in [0.25, 0.3) is 0 Å². The molecule has 0 rings (SSSR count). The lowest BCUT2D eigenvalue weighted by atomic mass is 10.0. The molecule has 10 heteroatoms. The average Bonchev–Trinajstić information content (AvgIpc) is 2.93. The summed E-state index contributed by atoms with van der Waals surface area (Å²) in [7, 11) is -4.34.